The summed E-state index contributed by atoms with van der Waals surface area (Å²) in [6, 6.07) is 0. The fourth-order valence-corrected chi connectivity index (χ4v) is 6.40. The Morgan fingerprint density at radius 1 is 0.764 bits per heavy atom. The monoisotopic (exact) mass is 793 g/mol. The van der Waals surface area contributed by atoms with E-state index < -0.39 is 38.6 Å². The number of unbranched alkanes of at least 4 members (excludes halogenated alkanes) is 9. The SMILES string of the molecule is CCCCC/C=C\C=C/[C@@H](O)C/C=C\C/C=C/CCCC(=O)OC[C@H](COP(=O)(O)OCCN)OC(=O)CCCCCCCCc1oc(CCC)c(C)c1C. The molecule has 314 valence electrons. The van der Waals surface area contributed by atoms with Crippen molar-refractivity contribution in [2.75, 3.05) is 26.4 Å². The van der Waals surface area contributed by atoms with Crippen LogP contribution in [0.3, 0.4) is 0 Å². The molecule has 0 aliphatic heterocycles. The highest BCUT2D eigenvalue weighted by Crippen LogP contribution is 2.43. The topological polar surface area (TPSA) is 168 Å². The first-order chi connectivity index (χ1) is 26.5. The summed E-state index contributed by atoms with van der Waals surface area (Å²) in [5.41, 5.74) is 7.89. The molecule has 0 saturated carbocycles. The van der Waals surface area contributed by atoms with Crippen LogP contribution < -0.4 is 5.73 Å². The number of nitrogens with two attached hydrogens (primary N) is 1. The number of aliphatic hydroxyl groups excluding tert-OH is 1. The maximum absolute atomic E-state index is 12.6. The molecule has 55 heavy (non-hydrogen) atoms. The number of carbonyl (C=O) groups is 2. The van der Waals surface area contributed by atoms with Crippen molar-refractivity contribution in [3.63, 3.8) is 0 Å². The molecule has 0 fully saturated rings. The Morgan fingerprint density at radius 3 is 2.16 bits per heavy atom. The molecule has 0 bridgehead atoms. The molecule has 4 N–H and O–H groups in total. The van der Waals surface area contributed by atoms with Crippen LogP contribution in [0.5, 0.6) is 0 Å². The van der Waals surface area contributed by atoms with E-state index in [1.54, 1.807) is 6.08 Å². The van der Waals surface area contributed by atoms with Crippen LogP contribution in [0.4, 0.5) is 0 Å². The van der Waals surface area contributed by atoms with Crippen LogP contribution in [0.2, 0.25) is 0 Å². The molecule has 0 aliphatic rings. The van der Waals surface area contributed by atoms with Gasteiger partial charge in [-0.2, -0.15) is 0 Å². The lowest BCUT2D eigenvalue weighted by Crippen LogP contribution is -2.29. The zero-order chi connectivity index (χ0) is 40.6. The largest absolute Gasteiger partial charge is 0.472 e. The van der Waals surface area contributed by atoms with Crippen LogP contribution in [0.25, 0.3) is 0 Å². The van der Waals surface area contributed by atoms with Crippen LogP contribution in [0.1, 0.15) is 146 Å². The van der Waals surface area contributed by atoms with Crippen LogP contribution in [0.15, 0.2) is 53.0 Å². The van der Waals surface area contributed by atoms with Gasteiger partial charge in [-0.3, -0.25) is 18.6 Å². The van der Waals surface area contributed by atoms with E-state index in [0.717, 1.165) is 75.7 Å². The molecule has 1 rings (SSSR count). The lowest BCUT2D eigenvalue weighted by Gasteiger charge is -2.19. The number of phosphoric acid groups is 1. The first kappa shape index (κ1) is 50.2. The maximum atomic E-state index is 12.6. The number of aliphatic hydroxyl groups is 1. The van der Waals surface area contributed by atoms with Crippen molar-refractivity contribution in [3.05, 3.63) is 71.3 Å². The van der Waals surface area contributed by atoms with Crippen molar-refractivity contribution in [1.82, 2.24) is 0 Å². The molecule has 1 unspecified atom stereocenters. The number of furan rings is 1. The molecule has 1 aromatic heterocycles. The van der Waals surface area contributed by atoms with Crippen molar-refractivity contribution in [1.29, 1.82) is 0 Å². The van der Waals surface area contributed by atoms with Crippen LogP contribution in [0, 0.1) is 13.8 Å². The fraction of sp³-hybridized carbons (Fsp3) is 0.674. The van der Waals surface area contributed by atoms with E-state index in [2.05, 4.69) is 33.8 Å². The summed E-state index contributed by atoms with van der Waals surface area (Å²) in [5.74, 6) is 1.24. The summed E-state index contributed by atoms with van der Waals surface area (Å²) in [4.78, 5) is 34.9. The molecule has 0 aliphatic carbocycles. The second-order valence-electron chi connectivity index (χ2n) is 13.9. The third-order valence-electron chi connectivity index (χ3n) is 8.97. The Hall–Kier alpha value is -2.79. The quantitative estimate of drug-likeness (QED) is 0.0200. The summed E-state index contributed by atoms with van der Waals surface area (Å²) < 4.78 is 38.8. The number of allylic oxidation sites excluding steroid dienone is 6. The lowest BCUT2D eigenvalue weighted by molar-refractivity contribution is -0.161. The minimum atomic E-state index is -4.42. The molecule has 0 saturated heterocycles. The normalized spacial score (nSPS) is 14.4. The average molecular weight is 794 g/mol. The standard InChI is InChI=1S/C43H72NO10P/c1-5-7-8-9-11-16-21-27-38(45)28-22-17-12-10-13-19-24-30-42(46)50-34-39(35-52-55(48,49)51-33-32-44)53-43(47)31-25-20-15-14-18-23-29-41-37(4)36(3)40(54-41)26-6-2/h10-11,13,16-17,21-22,27,38-39,45H,5-9,12,14-15,18-20,23-26,28-35,44H2,1-4H3,(H,48,49)/b13-10+,16-11-,22-17-,27-21-/t38-,39-/m1/s1. The van der Waals surface area contributed by atoms with E-state index in [1.165, 1.54) is 30.4 Å². The number of carbonyl (C=O) groups excluding carboxylic acids is 2. The molecule has 0 amide bonds. The van der Waals surface area contributed by atoms with Gasteiger partial charge < -0.3 is 29.6 Å². The van der Waals surface area contributed by atoms with Crippen molar-refractivity contribution >= 4 is 19.8 Å². The molecular weight excluding hydrogens is 721 g/mol. The van der Waals surface area contributed by atoms with Gasteiger partial charge >= 0.3 is 19.8 Å². The van der Waals surface area contributed by atoms with E-state index in [9.17, 15) is 24.2 Å². The zero-order valence-corrected chi connectivity index (χ0v) is 35.1. The first-order valence-corrected chi connectivity index (χ1v) is 22.1. The van der Waals surface area contributed by atoms with Gasteiger partial charge in [0.15, 0.2) is 6.10 Å². The third-order valence-corrected chi connectivity index (χ3v) is 9.96. The van der Waals surface area contributed by atoms with E-state index in [4.69, 9.17) is 28.7 Å². The van der Waals surface area contributed by atoms with Crippen molar-refractivity contribution < 1.29 is 47.1 Å². The molecule has 1 aromatic rings. The zero-order valence-electron chi connectivity index (χ0n) is 34.2. The predicted molar refractivity (Wildman–Crippen MR) is 220 cm³/mol. The van der Waals surface area contributed by atoms with Gasteiger partial charge in [0.05, 0.1) is 19.3 Å². The summed E-state index contributed by atoms with van der Waals surface area (Å²) in [6.45, 7) is 7.67. The van der Waals surface area contributed by atoms with Gasteiger partial charge in [0, 0.05) is 32.2 Å². The second kappa shape index (κ2) is 32.3. The number of hydrogen-bond donors (Lipinski definition) is 3. The summed E-state index contributed by atoms with van der Waals surface area (Å²) in [6.07, 6.45) is 30.4. The molecule has 0 aromatic carbocycles. The number of esters is 2. The van der Waals surface area contributed by atoms with E-state index in [1.807, 2.05) is 36.5 Å². The lowest BCUT2D eigenvalue weighted by atomic mass is 10.0. The number of hydrogen-bond acceptors (Lipinski definition) is 10. The van der Waals surface area contributed by atoms with Crippen molar-refractivity contribution in [3.8, 4) is 0 Å². The number of ether oxygens (including phenoxy) is 2. The average Bonchev–Trinajstić information content (AvgIpc) is 3.42. The van der Waals surface area contributed by atoms with Crippen molar-refractivity contribution in [2.24, 2.45) is 5.73 Å². The van der Waals surface area contributed by atoms with E-state index in [0.29, 0.717) is 25.7 Å². The van der Waals surface area contributed by atoms with Gasteiger partial charge in [0.2, 0.25) is 0 Å². The van der Waals surface area contributed by atoms with E-state index >= 15 is 0 Å². The van der Waals surface area contributed by atoms with Crippen LogP contribution in [-0.2, 0) is 45.5 Å². The van der Waals surface area contributed by atoms with Gasteiger partial charge in [0.25, 0.3) is 0 Å². The minimum Gasteiger partial charge on any atom is -0.466 e. The highest BCUT2D eigenvalue weighted by atomic mass is 31.2. The molecule has 3 atom stereocenters. The highest BCUT2D eigenvalue weighted by Gasteiger charge is 2.26. The Bertz CT molecular complexity index is 1330. The summed E-state index contributed by atoms with van der Waals surface area (Å²) >= 11 is 0. The fourth-order valence-electron chi connectivity index (χ4n) is 5.63. The van der Waals surface area contributed by atoms with Gasteiger partial charge in [-0.15, -0.1) is 0 Å². The van der Waals surface area contributed by atoms with Gasteiger partial charge in [-0.25, -0.2) is 4.57 Å². The molecule has 12 heteroatoms. The number of rotatable bonds is 34. The Kier molecular flexibility index (Phi) is 29.5. The van der Waals surface area contributed by atoms with Gasteiger partial charge in [0.1, 0.15) is 18.1 Å². The third kappa shape index (κ3) is 26.7. The summed E-state index contributed by atoms with van der Waals surface area (Å²) in [7, 11) is -4.42. The van der Waals surface area contributed by atoms with E-state index in [-0.39, 0.29) is 32.6 Å². The number of phosphoric ester groups is 1. The van der Waals surface area contributed by atoms with Gasteiger partial charge in [-0.1, -0.05) is 101 Å². The molecular formula is C43H72NO10P. The summed E-state index contributed by atoms with van der Waals surface area (Å²) in [5, 5.41) is 10.1. The first-order valence-electron chi connectivity index (χ1n) is 20.6. The maximum Gasteiger partial charge on any atom is 0.472 e. The Labute approximate surface area is 331 Å². The molecule has 11 nitrogen and oxygen atoms in total. The number of aryl methyl sites for hydroxylation is 2. The molecule has 1 heterocycles. The second-order valence-corrected chi connectivity index (χ2v) is 15.4. The predicted octanol–water partition coefficient (Wildman–Crippen LogP) is 9.79. The Balaban J connectivity index is 2.35. The smallest absolute Gasteiger partial charge is 0.466 e. The minimum absolute atomic E-state index is 0.0264. The van der Waals surface area contributed by atoms with Crippen LogP contribution >= 0.6 is 7.82 Å². The molecule has 0 spiro atoms. The van der Waals surface area contributed by atoms with Crippen LogP contribution in [-0.4, -0.2) is 60.5 Å². The van der Waals surface area contributed by atoms with Crippen molar-refractivity contribution in [2.45, 2.75) is 162 Å². The van der Waals surface area contributed by atoms with Gasteiger partial charge in [-0.05, 0) is 82.8 Å². The Morgan fingerprint density at radius 2 is 1.44 bits per heavy atom. The molecule has 0 radical (unpaired) electrons. The highest BCUT2D eigenvalue weighted by molar-refractivity contribution is 7.47.